The maximum Gasteiger partial charge on any atom is 0.151 e. The highest BCUT2D eigenvalue weighted by Crippen LogP contribution is 2.27. The van der Waals surface area contributed by atoms with Gasteiger partial charge in [0.25, 0.3) is 0 Å². The predicted molar refractivity (Wildman–Crippen MR) is 85.2 cm³/mol. The molecule has 0 bridgehead atoms. The van der Waals surface area contributed by atoms with Gasteiger partial charge >= 0.3 is 0 Å². The predicted octanol–water partition coefficient (Wildman–Crippen LogP) is 1.76. The van der Waals surface area contributed by atoms with Gasteiger partial charge in [0.2, 0.25) is 0 Å². The van der Waals surface area contributed by atoms with E-state index < -0.39 is 15.9 Å². The van der Waals surface area contributed by atoms with Crippen LogP contribution in [0.3, 0.4) is 0 Å². The molecule has 0 heterocycles. The third kappa shape index (κ3) is 7.33. The summed E-state index contributed by atoms with van der Waals surface area (Å²) in [4.78, 5) is 0. The van der Waals surface area contributed by atoms with Crippen LogP contribution < -0.4 is 10.1 Å². The minimum absolute atomic E-state index is 0.0353. The fourth-order valence-electron chi connectivity index (χ4n) is 1.47. The molecule has 5 nitrogen and oxygen atoms in total. The zero-order valence-corrected chi connectivity index (χ0v) is 14.0. The zero-order valence-electron chi connectivity index (χ0n) is 11.7. The Bertz CT molecular complexity index is 551. The normalized spacial score (nSPS) is 13.1. The Morgan fingerprint density at radius 2 is 2.10 bits per heavy atom. The Morgan fingerprint density at radius 1 is 1.38 bits per heavy atom. The van der Waals surface area contributed by atoms with Crippen molar-refractivity contribution in [2.75, 3.05) is 31.2 Å². The van der Waals surface area contributed by atoms with Gasteiger partial charge in [0.05, 0.1) is 10.8 Å². The summed E-state index contributed by atoms with van der Waals surface area (Å²) >= 11 is 11.7. The second-order valence-corrected chi connectivity index (χ2v) is 7.80. The monoisotopic (exact) mass is 355 g/mol. The first kappa shape index (κ1) is 18.5. The van der Waals surface area contributed by atoms with Crippen LogP contribution in [-0.2, 0) is 9.84 Å². The molecule has 0 amide bonds. The summed E-state index contributed by atoms with van der Waals surface area (Å²) in [6.45, 7) is 2.17. The molecule has 8 heteroatoms. The van der Waals surface area contributed by atoms with E-state index in [0.29, 0.717) is 22.3 Å². The van der Waals surface area contributed by atoms with E-state index in [-0.39, 0.29) is 24.7 Å². The zero-order chi connectivity index (χ0) is 15.9. The lowest BCUT2D eigenvalue weighted by molar-refractivity contribution is 0.107. The first-order valence-electron chi connectivity index (χ1n) is 6.51. The SMILES string of the molecule is CCS(=O)(=O)CCNCC(O)COc1cc(Cl)ccc1Cl. The van der Waals surface area contributed by atoms with Gasteiger partial charge in [0, 0.05) is 29.9 Å². The van der Waals surface area contributed by atoms with Gasteiger partial charge in [-0.2, -0.15) is 0 Å². The van der Waals surface area contributed by atoms with Gasteiger partial charge in [0.1, 0.15) is 18.5 Å². The van der Waals surface area contributed by atoms with Crippen molar-refractivity contribution in [1.82, 2.24) is 5.32 Å². The van der Waals surface area contributed by atoms with E-state index in [0.717, 1.165) is 0 Å². The van der Waals surface area contributed by atoms with Gasteiger partial charge in [-0.15, -0.1) is 0 Å². The summed E-state index contributed by atoms with van der Waals surface area (Å²) in [7, 11) is -2.99. The molecule has 21 heavy (non-hydrogen) atoms. The molecule has 1 unspecified atom stereocenters. The molecule has 0 fully saturated rings. The van der Waals surface area contributed by atoms with Crippen LogP contribution in [0.1, 0.15) is 6.92 Å². The van der Waals surface area contributed by atoms with Crippen LogP contribution in [0.2, 0.25) is 10.0 Å². The number of hydrogen-bond donors (Lipinski definition) is 2. The Balaban J connectivity index is 2.28. The fraction of sp³-hybridized carbons (Fsp3) is 0.538. The molecule has 0 aliphatic heterocycles. The second-order valence-electron chi connectivity index (χ2n) is 4.48. The van der Waals surface area contributed by atoms with Gasteiger partial charge in [0.15, 0.2) is 9.84 Å². The molecule has 1 atom stereocenters. The summed E-state index contributed by atoms with van der Waals surface area (Å²) in [5, 5.41) is 13.5. The largest absolute Gasteiger partial charge is 0.489 e. The summed E-state index contributed by atoms with van der Waals surface area (Å²) in [5.41, 5.74) is 0. The number of aliphatic hydroxyl groups excluding tert-OH is 1. The number of nitrogens with one attached hydrogen (secondary N) is 1. The van der Waals surface area contributed by atoms with Crippen LogP contribution in [0.25, 0.3) is 0 Å². The smallest absolute Gasteiger partial charge is 0.151 e. The van der Waals surface area contributed by atoms with Crippen LogP contribution in [0, 0.1) is 0 Å². The topological polar surface area (TPSA) is 75.6 Å². The van der Waals surface area contributed by atoms with Crippen molar-refractivity contribution < 1.29 is 18.3 Å². The second kappa shape index (κ2) is 8.80. The van der Waals surface area contributed by atoms with E-state index in [1.165, 1.54) is 0 Å². The van der Waals surface area contributed by atoms with Crippen molar-refractivity contribution in [1.29, 1.82) is 0 Å². The number of ether oxygens (including phenoxy) is 1. The molecule has 1 aromatic rings. The van der Waals surface area contributed by atoms with Crippen LogP contribution in [0.5, 0.6) is 5.75 Å². The summed E-state index contributed by atoms with van der Waals surface area (Å²) < 4.78 is 27.9. The third-order valence-electron chi connectivity index (χ3n) is 2.73. The van der Waals surface area contributed by atoms with Gasteiger partial charge in [-0.3, -0.25) is 0 Å². The summed E-state index contributed by atoms with van der Waals surface area (Å²) in [5.74, 6) is 0.571. The number of hydrogen-bond acceptors (Lipinski definition) is 5. The Morgan fingerprint density at radius 3 is 2.76 bits per heavy atom. The quantitative estimate of drug-likeness (QED) is 0.660. The Hall–Kier alpha value is -0.530. The number of sulfone groups is 1. The Labute approximate surface area is 135 Å². The molecule has 120 valence electrons. The first-order chi connectivity index (χ1) is 9.84. The molecule has 1 aromatic carbocycles. The van der Waals surface area contributed by atoms with E-state index in [1.54, 1.807) is 25.1 Å². The number of benzene rings is 1. The van der Waals surface area contributed by atoms with Crippen LogP contribution >= 0.6 is 23.2 Å². The fourth-order valence-corrected chi connectivity index (χ4v) is 2.55. The van der Waals surface area contributed by atoms with Gasteiger partial charge in [-0.25, -0.2) is 8.42 Å². The highest BCUT2D eigenvalue weighted by molar-refractivity contribution is 7.91. The van der Waals surface area contributed by atoms with Crippen molar-refractivity contribution >= 4 is 33.0 Å². The summed E-state index contributed by atoms with van der Waals surface area (Å²) in [6, 6.07) is 4.82. The van der Waals surface area contributed by atoms with Gasteiger partial charge in [-0.1, -0.05) is 30.1 Å². The molecule has 0 radical (unpaired) electrons. The van der Waals surface area contributed by atoms with E-state index in [9.17, 15) is 13.5 Å². The molecule has 0 spiro atoms. The van der Waals surface area contributed by atoms with Crippen molar-refractivity contribution in [3.8, 4) is 5.75 Å². The minimum atomic E-state index is -2.99. The molecule has 0 saturated heterocycles. The van der Waals surface area contributed by atoms with E-state index in [2.05, 4.69) is 5.32 Å². The van der Waals surface area contributed by atoms with Crippen LogP contribution in [0.15, 0.2) is 18.2 Å². The first-order valence-corrected chi connectivity index (χ1v) is 9.09. The molecular weight excluding hydrogens is 337 g/mol. The molecule has 0 aromatic heterocycles. The molecule has 2 N–H and O–H groups in total. The van der Waals surface area contributed by atoms with Crippen molar-refractivity contribution in [2.45, 2.75) is 13.0 Å². The lowest BCUT2D eigenvalue weighted by Crippen LogP contribution is -2.34. The highest BCUT2D eigenvalue weighted by Gasteiger charge is 2.10. The lowest BCUT2D eigenvalue weighted by atomic mass is 10.3. The number of rotatable bonds is 9. The minimum Gasteiger partial charge on any atom is -0.489 e. The van der Waals surface area contributed by atoms with Crippen molar-refractivity contribution in [2.24, 2.45) is 0 Å². The van der Waals surface area contributed by atoms with E-state index >= 15 is 0 Å². The Kier molecular flexibility index (Phi) is 7.76. The molecule has 1 rings (SSSR count). The lowest BCUT2D eigenvalue weighted by Gasteiger charge is -2.14. The van der Waals surface area contributed by atoms with E-state index in [1.807, 2.05) is 0 Å². The van der Waals surface area contributed by atoms with Gasteiger partial charge < -0.3 is 15.2 Å². The number of aliphatic hydroxyl groups is 1. The van der Waals surface area contributed by atoms with Crippen molar-refractivity contribution in [3.63, 3.8) is 0 Å². The van der Waals surface area contributed by atoms with Gasteiger partial charge in [-0.05, 0) is 12.1 Å². The molecule has 0 saturated carbocycles. The van der Waals surface area contributed by atoms with Crippen LogP contribution in [0.4, 0.5) is 0 Å². The maximum atomic E-state index is 11.3. The highest BCUT2D eigenvalue weighted by atomic mass is 35.5. The standard InChI is InChI=1S/C13H19Cl2NO4S/c1-2-21(18,19)6-5-16-8-11(17)9-20-13-7-10(14)3-4-12(13)15/h3-4,7,11,16-17H,2,5-6,8-9H2,1H3. The molecule has 0 aliphatic rings. The van der Waals surface area contributed by atoms with Crippen LogP contribution in [-0.4, -0.2) is 50.8 Å². The van der Waals surface area contributed by atoms with Crippen molar-refractivity contribution in [3.05, 3.63) is 28.2 Å². The molecular formula is C13H19Cl2NO4S. The molecule has 0 aliphatic carbocycles. The van der Waals surface area contributed by atoms with E-state index in [4.69, 9.17) is 27.9 Å². The third-order valence-corrected chi connectivity index (χ3v) is 4.99. The number of halogens is 2. The summed E-state index contributed by atoms with van der Waals surface area (Å²) in [6.07, 6.45) is -0.774. The average molecular weight is 356 g/mol. The maximum absolute atomic E-state index is 11.3. The average Bonchev–Trinajstić information content (AvgIpc) is 2.44.